The van der Waals surface area contributed by atoms with Gasteiger partial charge in [0.25, 0.3) is 0 Å². The molecule has 2 rings (SSSR count). The molecule has 3 atom stereocenters. The van der Waals surface area contributed by atoms with Crippen LogP contribution < -0.4 is 0 Å². The standard InChI is InChI=1S/C7H10ClNO2/c8-1-4-5-2-9(7(10)11)3-6(4)5/h4-6H,1-3H2,(H,10,11)/t4?,5-,6+. The molecule has 0 aromatic rings. The van der Waals surface area contributed by atoms with Crippen molar-refractivity contribution in [2.45, 2.75) is 0 Å². The van der Waals surface area contributed by atoms with Gasteiger partial charge in [-0.25, -0.2) is 4.79 Å². The zero-order chi connectivity index (χ0) is 8.01. The Morgan fingerprint density at radius 2 is 2.09 bits per heavy atom. The van der Waals surface area contributed by atoms with Gasteiger partial charge in [-0.15, -0.1) is 11.6 Å². The summed E-state index contributed by atoms with van der Waals surface area (Å²) in [5.41, 5.74) is 0. The molecule has 2 aliphatic rings. The number of fused-ring (bicyclic) bond motifs is 1. The van der Waals surface area contributed by atoms with E-state index in [2.05, 4.69) is 0 Å². The number of amides is 1. The zero-order valence-electron chi connectivity index (χ0n) is 6.03. The molecule has 0 radical (unpaired) electrons. The first-order chi connectivity index (χ1) is 5.24. The van der Waals surface area contributed by atoms with E-state index in [4.69, 9.17) is 16.7 Å². The summed E-state index contributed by atoms with van der Waals surface area (Å²) in [6.07, 6.45) is -0.787. The minimum Gasteiger partial charge on any atom is -0.465 e. The molecule has 62 valence electrons. The maximum atomic E-state index is 10.5. The maximum absolute atomic E-state index is 10.5. The van der Waals surface area contributed by atoms with E-state index in [1.165, 1.54) is 4.90 Å². The number of nitrogens with zero attached hydrogens (tertiary/aromatic N) is 1. The number of halogens is 1. The van der Waals surface area contributed by atoms with E-state index in [1.807, 2.05) is 0 Å². The molecule has 1 saturated heterocycles. The Hall–Kier alpha value is -0.440. The first-order valence-corrected chi connectivity index (χ1v) is 4.31. The van der Waals surface area contributed by atoms with E-state index >= 15 is 0 Å². The smallest absolute Gasteiger partial charge is 0.407 e. The highest BCUT2D eigenvalue weighted by molar-refractivity contribution is 6.18. The van der Waals surface area contributed by atoms with Gasteiger partial charge in [0.1, 0.15) is 0 Å². The summed E-state index contributed by atoms with van der Waals surface area (Å²) in [4.78, 5) is 11.9. The summed E-state index contributed by atoms with van der Waals surface area (Å²) in [7, 11) is 0. The average molecular weight is 176 g/mol. The second-order valence-electron chi connectivity index (χ2n) is 3.33. The van der Waals surface area contributed by atoms with Crippen LogP contribution in [0.25, 0.3) is 0 Å². The maximum Gasteiger partial charge on any atom is 0.407 e. The van der Waals surface area contributed by atoms with Crippen LogP contribution >= 0.6 is 11.6 Å². The normalized spacial score (nSPS) is 40.5. The Kier molecular flexibility index (Phi) is 1.49. The van der Waals surface area contributed by atoms with Gasteiger partial charge in [0.2, 0.25) is 0 Å². The van der Waals surface area contributed by atoms with Gasteiger partial charge in [0.15, 0.2) is 0 Å². The van der Waals surface area contributed by atoms with Gasteiger partial charge >= 0.3 is 6.09 Å². The van der Waals surface area contributed by atoms with Crippen molar-refractivity contribution in [1.82, 2.24) is 4.90 Å². The summed E-state index contributed by atoms with van der Waals surface area (Å²) >= 11 is 5.66. The quantitative estimate of drug-likeness (QED) is 0.606. The third-order valence-electron chi connectivity index (χ3n) is 2.82. The molecule has 0 aromatic heterocycles. The number of hydrogen-bond donors (Lipinski definition) is 1. The Morgan fingerprint density at radius 3 is 2.45 bits per heavy atom. The average Bonchev–Trinajstić information content (AvgIpc) is 2.41. The number of carboxylic acid groups (broad SMARTS) is 1. The van der Waals surface area contributed by atoms with Crippen LogP contribution in [0, 0.1) is 17.8 Å². The lowest BCUT2D eigenvalue weighted by molar-refractivity contribution is 0.149. The molecule has 0 spiro atoms. The number of alkyl halides is 1. The fourth-order valence-corrected chi connectivity index (χ4v) is 2.49. The third-order valence-corrected chi connectivity index (χ3v) is 3.18. The Morgan fingerprint density at radius 1 is 1.55 bits per heavy atom. The third kappa shape index (κ3) is 0.984. The van der Waals surface area contributed by atoms with E-state index in [1.54, 1.807) is 0 Å². The molecule has 1 amide bonds. The molecule has 3 nitrogen and oxygen atoms in total. The zero-order valence-corrected chi connectivity index (χ0v) is 6.79. The van der Waals surface area contributed by atoms with Crippen LogP contribution in [-0.4, -0.2) is 35.1 Å². The molecule has 1 saturated carbocycles. The molecule has 1 heterocycles. The second kappa shape index (κ2) is 2.27. The number of likely N-dealkylation sites (tertiary alicyclic amines) is 1. The largest absolute Gasteiger partial charge is 0.465 e. The van der Waals surface area contributed by atoms with Crippen molar-refractivity contribution in [3.8, 4) is 0 Å². The van der Waals surface area contributed by atoms with Gasteiger partial charge in [-0.3, -0.25) is 0 Å². The van der Waals surface area contributed by atoms with Gasteiger partial charge in [-0.1, -0.05) is 0 Å². The van der Waals surface area contributed by atoms with Crippen LogP contribution in [0.15, 0.2) is 0 Å². The molecular formula is C7H10ClNO2. The van der Waals surface area contributed by atoms with E-state index in [9.17, 15) is 4.79 Å². The number of rotatable bonds is 1. The van der Waals surface area contributed by atoms with Crippen molar-refractivity contribution >= 4 is 17.7 Å². The van der Waals surface area contributed by atoms with Crippen molar-refractivity contribution in [3.63, 3.8) is 0 Å². The Balaban J connectivity index is 1.89. The summed E-state index contributed by atoms with van der Waals surface area (Å²) < 4.78 is 0. The van der Waals surface area contributed by atoms with Crippen molar-refractivity contribution in [2.24, 2.45) is 17.8 Å². The number of hydrogen-bond acceptors (Lipinski definition) is 1. The predicted molar refractivity (Wildman–Crippen MR) is 40.8 cm³/mol. The number of carbonyl (C=O) groups is 1. The van der Waals surface area contributed by atoms with Gasteiger partial charge in [0, 0.05) is 19.0 Å². The van der Waals surface area contributed by atoms with Crippen LogP contribution in [0.1, 0.15) is 0 Å². The summed E-state index contributed by atoms with van der Waals surface area (Å²) in [5.74, 6) is 2.45. The van der Waals surface area contributed by atoms with E-state index in [0.29, 0.717) is 36.7 Å². The molecule has 1 aliphatic heterocycles. The van der Waals surface area contributed by atoms with Gasteiger partial charge in [0.05, 0.1) is 0 Å². The van der Waals surface area contributed by atoms with Gasteiger partial charge in [-0.05, 0) is 17.8 Å². The van der Waals surface area contributed by atoms with Crippen molar-refractivity contribution < 1.29 is 9.90 Å². The molecule has 1 unspecified atom stereocenters. The van der Waals surface area contributed by atoms with Crippen LogP contribution in [-0.2, 0) is 0 Å². The van der Waals surface area contributed by atoms with Crippen LogP contribution in [0.5, 0.6) is 0 Å². The van der Waals surface area contributed by atoms with Crippen molar-refractivity contribution in [2.75, 3.05) is 19.0 Å². The fraction of sp³-hybridized carbons (Fsp3) is 0.857. The Labute approximate surface area is 69.9 Å². The molecular weight excluding hydrogens is 166 g/mol. The molecule has 11 heavy (non-hydrogen) atoms. The number of piperidine rings is 1. The topological polar surface area (TPSA) is 40.5 Å². The van der Waals surface area contributed by atoms with E-state index in [-0.39, 0.29) is 0 Å². The minimum absolute atomic E-state index is 0.573. The highest BCUT2D eigenvalue weighted by Crippen LogP contribution is 2.51. The highest BCUT2D eigenvalue weighted by Gasteiger charge is 2.55. The lowest BCUT2D eigenvalue weighted by atomic mass is 10.3. The summed E-state index contributed by atoms with van der Waals surface area (Å²) in [5, 5.41) is 8.60. The second-order valence-corrected chi connectivity index (χ2v) is 3.64. The van der Waals surface area contributed by atoms with Crippen LogP contribution in [0.4, 0.5) is 4.79 Å². The summed E-state index contributed by atoms with van der Waals surface area (Å²) in [6, 6.07) is 0. The van der Waals surface area contributed by atoms with Crippen LogP contribution in [0.2, 0.25) is 0 Å². The first-order valence-electron chi connectivity index (χ1n) is 3.78. The van der Waals surface area contributed by atoms with Crippen molar-refractivity contribution in [3.05, 3.63) is 0 Å². The Bertz CT molecular complexity index is 185. The van der Waals surface area contributed by atoms with Crippen molar-refractivity contribution in [1.29, 1.82) is 0 Å². The highest BCUT2D eigenvalue weighted by atomic mass is 35.5. The lowest BCUT2D eigenvalue weighted by Crippen LogP contribution is -2.29. The molecule has 1 aliphatic carbocycles. The minimum atomic E-state index is -0.787. The molecule has 1 N–H and O–H groups in total. The molecule has 0 bridgehead atoms. The monoisotopic (exact) mass is 175 g/mol. The fourth-order valence-electron chi connectivity index (χ4n) is 2.03. The lowest BCUT2D eigenvalue weighted by Gasteiger charge is -2.14. The SMILES string of the molecule is O=C(O)N1C[C@@H]2C(CCl)[C@@H]2C1. The summed E-state index contributed by atoms with van der Waals surface area (Å²) in [6.45, 7) is 1.41. The first kappa shape index (κ1) is 7.22. The molecule has 0 aromatic carbocycles. The molecule has 2 fully saturated rings. The van der Waals surface area contributed by atoms with Gasteiger partial charge < -0.3 is 10.0 Å². The van der Waals surface area contributed by atoms with E-state index in [0.717, 1.165) is 0 Å². The van der Waals surface area contributed by atoms with Gasteiger partial charge in [-0.2, -0.15) is 0 Å². The predicted octanol–water partition coefficient (Wildman–Crippen LogP) is 1.08. The molecule has 4 heteroatoms. The van der Waals surface area contributed by atoms with E-state index < -0.39 is 6.09 Å². The van der Waals surface area contributed by atoms with Crippen LogP contribution in [0.3, 0.4) is 0 Å².